The van der Waals surface area contributed by atoms with Crippen molar-refractivity contribution in [2.45, 2.75) is 24.7 Å². The Kier molecular flexibility index (Phi) is 4.39. The monoisotopic (exact) mass is 235 g/mol. The highest BCUT2D eigenvalue weighted by atomic mass is 32.1. The normalized spacial score (nSPS) is 9.62. The quantitative estimate of drug-likeness (QED) is 0.645. The Labute approximate surface area is 100 Å². The summed E-state index contributed by atoms with van der Waals surface area (Å²) in [6.07, 6.45) is 0.994. The molecule has 0 fully saturated rings. The van der Waals surface area contributed by atoms with E-state index in [2.05, 4.69) is 17.4 Å². The molecule has 0 aromatic heterocycles. The van der Waals surface area contributed by atoms with Gasteiger partial charge in [-0.2, -0.15) is 5.26 Å². The molecule has 1 rings (SSSR count). The van der Waals surface area contributed by atoms with E-state index in [4.69, 9.17) is 5.26 Å². The van der Waals surface area contributed by atoms with Gasteiger partial charge >= 0.3 is 5.97 Å². The van der Waals surface area contributed by atoms with Crippen LogP contribution in [0.4, 0.5) is 0 Å². The average Bonchev–Trinajstić information content (AvgIpc) is 2.30. The van der Waals surface area contributed by atoms with Crippen LogP contribution in [-0.2, 0) is 22.4 Å². The molecule has 4 heteroatoms. The molecule has 0 radical (unpaired) electrons. The molecular weight excluding hydrogens is 222 g/mol. The van der Waals surface area contributed by atoms with E-state index in [1.165, 1.54) is 7.11 Å². The van der Waals surface area contributed by atoms with E-state index in [0.717, 1.165) is 17.5 Å². The number of esters is 1. The van der Waals surface area contributed by atoms with Crippen molar-refractivity contribution in [1.29, 1.82) is 5.26 Å². The highest BCUT2D eigenvalue weighted by Crippen LogP contribution is 2.21. The number of nitriles is 1. The summed E-state index contributed by atoms with van der Waals surface area (Å²) < 4.78 is 4.62. The Hall–Kier alpha value is -1.47. The van der Waals surface area contributed by atoms with Crippen molar-refractivity contribution >= 4 is 18.6 Å². The molecule has 1 aromatic carbocycles. The van der Waals surface area contributed by atoms with Crippen LogP contribution < -0.4 is 0 Å². The molecule has 0 amide bonds. The van der Waals surface area contributed by atoms with Crippen molar-refractivity contribution in [3.63, 3.8) is 0 Å². The van der Waals surface area contributed by atoms with Crippen LogP contribution in [0.25, 0.3) is 0 Å². The fourth-order valence-corrected chi connectivity index (χ4v) is 1.76. The van der Waals surface area contributed by atoms with Crippen LogP contribution in [0.3, 0.4) is 0 Å². The number of carbonyl (C=O) groups excluding carboxylic acids is 1. The minimum absolute atomic E-state index is 0.197. The maximum absolute atomic E-state index is 11.2. The first-order chi connectivity index (χ1) is 7.62. The first kappa shape index (κ1) is 12.6. The summed E-state index contributed by atoms with van der Waals surface area (Å²) in [6, 6.07) is 5.59. The van der Waals surface area contributed by atoms with Gasteiger partial charge in [-0.3, -0.25) is 4.79 Å². The first-order valence-corrected chi connectivity index (χ1v) is 5.38. The molecule has 0 atom stereocenters. The average molecular weight is 235 g/mol. The number of benzene rings is 1. The maximum atomic E-state index is 11.2. The zero-order valence-electron chi connectivity index (χ0n) is 9.28. The van der Waals surface area contributed by atoms with Crippen LogP contribution in [0.5, 0.6) is 0 Å². The van der Waals surface area contributed by atoms with Crippen LogP contribution in [0.2, 0.25) is 0 Å². The molecule has 0 saturated heterocycles. The molecule has 0 aliphatic rings. The van der Waals surface area contributed by atoms with Gasteiger partial charge in [0, 0.05) is 4.90 Å². The van der Waals surface area contributed by atoms with Gasteiger partial charge in [0.15, 0.2) is 0 Å². The summed E-state index contributed by atoms with van der Waals surface area (Å²) in [4.78, 5) is 11.9. The van der Waals surface area contributed by atoms with Gasteiger partial charge in [-0.25, -0.2) is 0 Å². The van der Waals surface area contributed by atoms with Gasteiger partial charge in [0.1, 0.15) is 6.07 Å². The number of nitrogens with zero attached hydrogens (tertiary/aromatic N) is 1. The van der Waals surface area contributed by atoms with Crippen molar-refractivity contribution in [3.05, 3.63) is 28.8 Å². The van der Waals surface area contributed by atoms with E-state index in [-0.39, 0.29) is 12.4 Å². The molecule has 1 aromatic rings. The number of hydrogen-bond acceptors (Lipinski definition) is 4. The Morgan fingerprint density at radius 3 is 2.69 bits per heavy atom. The Morgan fingerprint density at radius 1 is 1.50 bits per heavy atom. The minimum Gasteiger partial charge on any atom is -0.469 e. The van der Waals surface area contributed by atoms with E-state index in [1.54, 1.807) is 6.07 Å². The fraction of sp³-hybridized carbons (Fsp3) is 0.333. The molecule has 0 heterocycles. The zero-order valence-corrected chi connectivity index (χ0v) is 10.2. The standard InChI is InChI=1S/C12H13NO2S/c1-3-8-5-11(16)10(7-13)4-9(8)6-12(14)15-2/h4-5,16H,3,6H2,1-2H3. The summed E-state index contributed by atoms with van der Waals surface area (Å²) in [5, 5.41) is 8.88. The number of methoxy groups -OCH3 is 1. The smallest absolute Gasteiger partial charge is 0.309 e. The summed E-state index contributed by atoms with van der Waals surface area (Å²) in [7, 11) is 1.35. The maximum Gasteiger partial charge on any atom is 0.309 e. The van der Waals surface area contributed by atoms with Crippen molar-refractivity contribution in [2.75, 3.05) is 7.11 Å². The third-order valence-electron chi connectivity index (χ3n) is 2.38. The molecule has 3 nitrogen and oxygen atoms in total. The Bertz CT molecular complexity index is 449. The van der Waals surface area contributed by atoms with Crippen LogP contribution in [0.1, 0.15) is 23.6 Å². The summed E-state index contributed by atoms with van der Waals surface area (Å²) in [5.41, 5.74) is 2.34. The fourth-order valence-electron chi connectivity index (χ4n) is 1.49. The van der Waals surface area contributed by atoms with E-state index >= 15 is 0 Å². The zero-order chi connectivity index (χ0) is 12.1. The van der Waals surface area contributed by atoms with Crippen LogP contribution in [0.15, 0.2) is 17.0 Å². The predicted molar refractivity (Wildman–Crippen MR) is 63.5 cm³/mol. The van der Waals surface area contributed by atoms with Crippen molar-refractivity contribution in [3.8, 4) is 6.07 Å². The Morgan fingerprint density at radius 2 is 2.19 bits per heavy atom. The van der Waals surface area contributed by atoms with Gasteiger partial charge in [0.2, 0.25) is 0 Å². The SMILES string of the molecule is CCc1cc(S)c(C#N)cc1CC(=O)OC. The number of rotatable bonds is 3. The van der Waals surface area contributed by atoms with E-state index in [9.17, 15) is 4.79 Å². The lowest BCUT2D eigenvalue weighted by atomic mass is 10.00. The molecule has 0 aliphatic heterocycles. The van der Waals surface area contributed by atoms with E-state index in [1.807, 2.05) is 19.1 Å². The third-order valence-corrected chi connectivity index (χ3v) is 2.75. The third kappa shape index (κ3) is 2.77. The molecular formula is C12H13NO2S. The molecule has 16 heavy (non-hydrogen) atoms. The van der Waals surface area contributed by atoms with Gasteiger partial charge in [-0.15, -0.1) is 12.6 Å². The van der Waals surface area contributed by atoms with Crippen molar-refractivity contribution in [2.24, 2.45) is 0 Å². The van der Waals surface area contributed by atoms with Crippen molar-refractivity contribution in [1.82, 2.24) is 0 Å². The Balaban J connectivity index is 3.15. The summed E-state index contributed by atoms with van der Waals surface area (Å²) in [6.45, 7) is 2.00. The number of ether oxygens (including phenoxy) is 1. The molecule has 0 spiro atoms. The van der Waals surface area contributed by atoms with E-state index < -0.39 is 0 Å². The van der Waals surface area contributed by atoms with Crippen LogP contribution in [-0.4, -0.2) is 13.1 Å². The summed E-state index contributed by atoms with van der Waals surface area (Å²) in [5.74, 6) is -0.300. The molecule has 84 valence electrons. The second kappa shape index (κ2) is 5.57. The second-order valence-electron chi connectivity index (χ2n) is 3.36. The number of carbonyl (C=O) groups is 1. The van der Waals surface area contributed by atoms with Crippen molar-refractivity contribution < 1.29 is 9.53 Å². The lowest BCUT2D eigenvalue weighted by molar-refractivity contribution is -0.139. The largest absolute Gasteiger partial charge is 0.469 e. The summed E-state index contributed by atoms with van der Waals surface area (Å²) >= 11 is 4.22. The molecule has 0 unspecified atom stereocenters. The van der Waals surface area contributed by atoms with Gasteiger partial charge in [-0.05, 0) is 29.7 Å². The topological polar surface area (TPSA) is 50.1 Å². The van der Waals surface area contributed by atoms with E-state index in [0.29, 0.717) is 10.5 Å². The minimum atomic E-state index is -0.300. The number of thiol groups is 1. The van der Waals surface area contributed by atoms with Crippen LogP contribution >= 0.6 is 12.6 Å². The number of aryl methyl sites for hydroxylation is 1. The lowest BCUT2D eigenvalue weighted by Gasteiger charge is -2.09. The molecule has 0 bridgehead atoms. The van der Waals surface area contributed by atoms with Gasteiger partial charge in [-0.1, -0.05) is 6.92 Å². The van der Waals surface area contributed by atoms with Gasteiger partial charge in [0.05, 0.1) is 19.1 Å². The number of hydrogen-bond donors (Lipinski definition) is 1. The predicted octanol–water partition coefficient (Wildman–Crippen LogP) is 2.12. The molecule has 0 N–H and O–H groups in total. The van der Waals surface area contributed by atoms with Crippen LogP contribution in [0, 0.1) is 11.3 Å². The second-order valence-corrected chi connectivity index (χ2v) is 3.84. The molecule has 0 aliphatic carbocycles. The van der Waals surface area contributed by atoms with Gasteiger partial charge in [0.25, 0.3) is 0 Å². The first-order valence-electron chi connectivity index (χ1n) is 4.94. The molecule has 0 saturated carbocycles. The highest BCUT2D eigenvalue weighted by Gasteiger charge is 2.10. The highest BCUT2D eigenvalue weighted by molar-refractivity contribution is 7.80. The lowest BCUT2D eigenvalue weighted by Crippen LogP contribution is -2.07. The van der Waals surface area contributed by atoms with Gasteiger partial charge < -0.3 is 4.74 Å².